The van der Waals surface area contributed by atoms with E-state index in [1.807, 2.05) is 0 Å². The highest BCUT2D eigenvalue weighted by Crippen LogP contribution is 2.25. The Labute approximate surface area is 109 Å². The number of fused-ring (bicyclic) bond motifs is 1. The Balaban J connectivity index is 0.00000144. The summed E-state index contributed by atoms with van der Waals surface area (Å²) in [6, 6.07) is 15.1. The van der Waals surface area contributed by atoms with Crippen molar-refractivity contribution in [2.75, 3.05) is 0 Å². The summed E-state index contributed by atoms with van der Waals surface area (Å²) in [5, 5.41) is 2.56. The van der Waals surface area contributed by atoms with Gasteiger partial charge >= 0.3 is 0 Å². The third-order valence-electron chi connectivity index (χ3n) is 3.42. The molecule has 0 fully saturated rings. The lowest BCUT2D eigenvalue weighted by Gasteiger charge is -2.19. The van der Waals surface area contributed by atoms with E-state index in [-0.39, 0.29) is 18.4 Å². The zero-order chi connectivity index (χ0) is 11.5. The van der Waals surface area contributed by atoms with Crippen molar-refractivity contribution in [3.05, 3.63) is 48.0 Å². The van der Waals surface area contributed by atoms with Gasteiger partial charge in [-0.15, -0.1) is 12.4 Å². The fourth-order valence-corrected chi connectivity index (χ4v) is 2.00. The molecule has 1 unspecified atom stereocenters. The van der Waals surface area contributed by atoms with Crippen molar-refractivity contribution in [1.29, 1.82) is 0 Å². The second-order valence-electron chi connectivity index (χ2n) is 4.52. The Hall–Kier alpha value is -1.05. The molecule has 2 atom stereocenters. The molecule has 0 aromatic heterocycles. The molecular formula is C15H20ClN. The van der Waals surface area contributed by atoms with Gasteiger partial charge in [-0.05, 0) is 28.3 Å². The molecule has 0 aliphatic rings. The molecular weight excluding hydrogens is 230 g/mol. The topological polar surface area (TPSA) is 26.0 Å². The Morgan fingerprint density at radius 2 is 1.71 bits per heavy atom. The van der Waals surface area contributed by atoms with E-state index in [0.29, 0.717) is 5.92 Å². The first kappa shape index (κ1) is 14.0. The molecule has 2 aromatic rings. The second kappa shape index (κ2) is 6.04. The average molecular weight is 250 g/mol. The van der Waals surface area contributed by atoms with Crippen LogP contribution in [0, 0.1) is 5.92 Å². The normalized spacial score (nSPS) is 14.1. The van der Waals surface area contributed by atoms with Gasteiger partial charge in [0.25, 0.3) is 0 Å². The highest BCUT2D eigenvalue weighted by molar-refractivity contribution is 5.85. The highest BCUT2D eigenvalue weighted by Gasteiger charge is 2.12. The zero-order valence-electron chi connectivity index (χ0n) is 10.4. The lowest BCUT2D eigenvalue weighted by Crippen LogP contribution is -2.18. The van der Waals surface area contributed by atoms with Crippen molar-refractivity contribution in [2.45, 2.75) is 26.3 Å². The lowest BCUT2D eigenvalue weighted by atomic mass is 9.92. The summed E-state index contributed by atoms with van der Waals surface area (Å²) in [4.78, 5) is 0. The smallest absolute Gasteiger partial charge is 0.0320 e. The zero-order valence-corrected chi connectivity index (χ0v) is 11.2. The third kappa shape index (κ3) is 2.99. The van der Waals surface area contributed by atoms with E-state index in [9.17, 15) is 0 Å². The Morgan fingerprint density at radius 3 is 2.35 bits per heavy atom. The Kier molecular flexibility index (Phi) is 4.98. The largest absolute Gasteiger partial charge is 0.324 e. The van der Waals surface area contributed by atoms with Crippen molar-refractivity contribution >= 4 is 23.2 Å². The van der Waals surface area contributed by atoms with Crippen LogP contribution in [-0.4, -0.2) is 0 Å². The second-order valence-corrected chi connectivity index (χ2v) is 4.52. The van der Waals surface area contributed by atoms with Crippen LogP contribution in [0.3, 0.4) is 0 Å². The minimum Gasteiger partial charge on any atom is -0.324 e. The molecule has 0 bridgehead atoms. The van der Waals surface area contributed by atoms with Gasteiger partial charge in [0.1, 0.15) is 0 Å². The average Bonchev–Trinajstić information content (AvgIpc) is 2.36. The molecule has 0 heterocycles. The molecule has 0 aliphatic carbocycles. The fourth-order valence-electron chi connectivity index (χ4n) is 2.00. The maximum Gasteiger partial charge on any atom is 0.0320 e. The molecule has 92 valence electrons. The number of rotatable bonds is 3. The van der Waals surface area contributed by atoms with Crippen LogP contribution in [0.1, 0.15) is 31.9 Å². The fraction of sp³-hybridized carbons (Fsp3) is 0.333. The predicted octanol–water partition coefficient (Wildman–Crippen LogP) is 4.31. The maximum absolute atomic E-state index is 6.24. The first-order chi connectivity index (χ1) is 7.72. The molecule has 2 aromatic carbocycles. The van der Waals surface area contributed by atoms with E-state index < -0.39 is 0 Å². The van der Waals surface area contributed by atoms with Crippen molar-refractivity contribution in [1.82, 2.24) is 0 Å². The van der Waals surface area contributed by atoms with Gasteiger partial charge in [-0.25, -0.2) is 0 Å². The molecule has 0 spiro atoms. The van der Waals surface area contributed by atoms with E-state index >= 15 is 0 Å². The SMILES string of the molecule is CCC(C)[C@@H](N)c1ccc2ccccc2c1.Cl. The van der Waals surface area contributed by atoms with E-state index in [0.717, 1.165) is 6.42 Å². The van der Waals surface area contributed by atoms with Crippen LogP contribution < -0.4 is 5.73 Å². The predicted molar refractivity (Wildman–Crippen MR) is 77.6 cm³/mol. The van der Waals surface area contributed by atoms with E-state index in [2.05, 4.69) is 56.3 Å². The van der Waals surface area contributed by atoms with Gasteiger partial charge < -0.3 is 5.73 Å². The summed E-state index contributed by atoms with van der Waals surface area (Å²) < 4.78 is 0. The molecule has 0 amide bonds. The van der Waals surface area contributed by atoms with Gasteiger partial charge in [0.15, 0.2) is 0 Å². The number of hydrogen-bond acceptors (Lipinski definition) is 1. The molecule has 2 N–H and O–H groups in total. The molecule has 2 rings (SSSR count). The van der Waals surface area contributed by atoms with Crippen LogP contribution in [0.25, 0.3) is 10.8 Å². The lowest BCUT2D eigenvalue weighted by molar-refractivity contribution is 0.457. The molecule has 0 saturated heterocycles. The number of halogens is 1. The van der Waals surface area contributed by atoms with Gasteiger partial charge in [0.2, 0.25) is 0 Å². The highest BCUT2D eigenvalue weighted by atomic mass is 35.5. The standard InChI is InChI=1S/C15H19N.ClH/c1-3-11(2)15(16)14-9-8-12-6-4-5-7-13(12)10-14;/h4-11,15H,3,16H2,1-2H3;1H/t11?,15-;/m1./s1. The minimum atomic E-state index is 0. The molecule has 2 heteroatoms. The third-order valence-corrected chi connectivity index (χ3v) is 3.42. The first-order valence-corrected chi connectivity index (χ1v) is 5.96. The van der Waals surface area contributed by atoms with Crippen LogP contribution in [0.2, 0.25) is 0 Å². The van der Waals surface area contributed by atoms with Crippen molar-refractivity contribution in [2.24, 2.45) is 11.7 Å². The monoisotopic (exact) mass is 249 g/mol. The van der Waals surface area contributed by atoms with Gasteiger partial charge in [0, 0.05) is 6.04 Å². The molecule has 0 saturated carbocycles. The first-order valence-electron chi connectivity index (χ1n) is 5.96. The van der Waals surface area contributed by atoms with Gasteiger partial charge in [-0.1, -0.05) is 56.7 Å². The molecule has 1 nitrogen and oxygen atoms in total. The molecule has 0 aliphatic heterocycles. The van der Waals surface area contributed by atoms with Crippen LogP contribution in [0.4, 0.5) is 0 Å². The van der Waals surface area contributed by atoms with Crippen LogP contribution >= 0.6 is 12.4 Å². The van der Waals surface area contributed by atoms with Crippen molar-refractivity contribution in [3.8, 4) is 0 Å². The Bertz CT molecular complexity index is 481. The van der Waals surface area contributed by atoms with E-state index in [4.69, 9.17) is 5.73 Å². The summed E-state index contributed by atoms with van der Waals surface area (Å²) in [5.41, 5.74) is 7.48. The summed E-state index contributed by atoms with van der Waals surface area (Å²) in [5.74, 6) is 0.529. The Morgan fingerprint density at radius 1 is 1.06 bits per heavy atom. The van der Waals surface area contributed by atoms with Crippen molar-refractivity contribution in [3.63, 3.8) is 0 Å². The summed E-state index contributed by atoms with van der Waals surface area (Å²) in [6.45, 7) is 4.39. The number of nitrogens with two attached hydrogens (primary N) is 1. The van der Waals surface area contributed by atoms with Gasteiger partial charge in [0.05, 0.1) is 0 Å². The summed E-state index contributed by atoms with van der Waals surface area (Å²) >= 11 is 0. The van der Waals surface area contributed by atoms with Crippen LogP contribution in [0.15, 0.2) is 42.5 Å². The maximum atomic E-state index is 6.24. The van der Waals surface area contributed by atoms with E-state index in [1.165, 1.54) is 16.3 Å². The quantitative estimate of drug-likeness (QED) is 0.862. The summed E-state index contributed by atoms with van der Waals surface area (Å²) in [6.07, 6.45) is 1.12. The number of hydrogen-bond donors (Lipinski definition) is 1. The molecule has 17 heavy (non-hydrogen) atoms. The number of benzene rings is 2. The minimum absolute atomic E-state index is 0. The van der Waals surface area contributed by atoms with Crippen LogP contribution in [0.5, 0.6) is 0 Å². The van der Waals surface area contributed by atoms with Gasteiger partial charge in [-0.3, -0.25) is 0 Å². The van der Waals surface area contributed by atoms with Gasteiger partial charge in [-0.2, -0.15) is 0 Å². The summed E-state index contributed by atoms with van der Waals surface area (Å²) in [7, 11) is 0. The molecule has 0 radical (unpaired) electrons. The van der Waals surface area contributed by atoms with Crippen molar-refractivity contribution < 1.29 is 0 Å². The van der Waals surface area contributed by atoms with E-state index in [1.54, 1.807) is 0 Å². The van der Waals surface area contributed by atoms with Crippen LogP contribution in [-0.2, 0) is 0 Å².